The molecule has 0 amide bonds. The van der Waals surface area contributed by atoms with E-state index in [4.69, 9.17) is 31.0 Å². The number of halogens is 1. The molecule has 0 spiro atoms. The summed E-state index contributed by atoms with van der Waals surface area (Å²) in [6.07, 6.45) is 2.58. The summed E-state index contributed by atoms with van der Waals surface area (Å²) in [7, 11) is 1.68. The van der Waals surface area contributed by atoms with Gasteiger partial charge in [-0.1, -0.05) is 23.7 Å². The van der Waals surface area contributed by atoms with Crippen LogP contribution in [0.3, 0.4) is 0 Å². The number of rotatable bonds is 4. The first kappa shape index (κ1) is 19.1. The summed E-state index contributed by atoms with van der Waals surface area (Å²) >= 11 is 6.16. The summed E-state index contributed by atoms with van der Waals surface area (Å²) < 4.78 is 11.0. The lowest BCUT2D eigenvalue weighted by molar-refractivity contribution is 0.122. The number of pyridine rings is 1. The summed E-state index contributed by atoms with van der Waals surface area (Å²) in [6.45, 7) is 3.72. The van der Waals surface area contributed by atoms with Gasteiger partial charge in [0, 0.05) is 42.6 Å². The fraction of sp³-hybridized carbons (Fsp3) is 0.318. The third-order valence-corrected chi connectivity index (χ3v) is 5.68. The number of benzene rings is 1. The predicted octanol–water partition coefficient (Wildman–Crippen LogP) is 3.73. The van der Waals surface area contributed by atoms with Gasteiger partial charge in [-0.25, -0.2) is 9.97 Å². The number of ether oxygens (including phenoxy) is 2. The van der Waals surface area contributed by atoms with Crippen molar-refractivity contribution in [3.05, 3.63) is 53.3 Å². The molecule has 0 unspecified atom stereocenters. The van der Waals surface area contributed by atoms with Crippen LogP contribution in [0.25, 0.3) is 11.3 Å². The van der Waals surface area contributed by atoms with Crippen molar-refractivity contribution in [1.29, 1.82) is 0 Å². The highest BCUT2D eigenvalue weighted by atomic mass is 35.5. The van der Waals surface area contributed by atoms with Crippen LogP contribution in [0.2, 0.25) is 5.15 Å². The van der Waals surface area contributed by atoms with Crippen LogP contribution in [0.4, 0.5) is 17.5 Å². The molecule has 1 saturated heterocycles. The zero-order chi connectivity index (χ0) is 20.5. The average Bonchev–Trinajstić information content (AvgIpc) is 3.23. The highest BCUT2D eigenvalue weighted by molar-refractivity contribution is 6.29. The molecule has 3 aromatic rings. The lowest BCUT2D eigenvalue weighted by atomic mass is 10.1. The number of hydrogen-bond acceptors (Lipinski definition) is 7. The number of anilines is 3. The monoisotopic (exact) mass is 423 g/mol. The summed E-state index contributed by atoms with van der Waals surface area (Å²) in [5.41, 5.74) is 4.09. The Labute approximate surface area is 180 Å². The number of nitrogens with zero attached hydrogens (tertiary/aromatic N) is 5. The normalized spacial score (nSPS) is 15.9. The number of aromatic nitrogens is 3. The third kappa shape index (κ3) is 3.55. The topological polar surface area (TPSA) is 63.6 Å². The third-order valence-electron chi connectivity index (χ3n) is 5.47. The van der Waals surface area contributed by atoms with Crippen molar-refractivity contribution in [3.8, 4) is 17.0 Å². The predicted molar refractivity (Wildman–Crippen MR) is 117 cm³/mol. The van der Waals surface area contributed by atoms with Crippen LogP contribution < -0.4 is 14.5 Å². The van der Waals surface area contributed by atoms with Gasteiger partial charge < -0.3 is 19.3 Å². The SMILES string of the molecule is COc1cccc(-c2nc(N3CCOCC3)nc3c2CCN3c2ccnc(Cl)c2)c1. The van der Waals surface area contributed by atoms with Crippen LogP contribution in [0, 0.1) is 0 Å². The van der Waals surface area contributed by atoms with E-state index in [2.05, 4.69) is 20.9 Å². The maximum Gasteiger partial charge on any atom is 0.228 e. The van der Waals surface area contributed by atoms with Crippen molar-refractivity contribution in [2.24, 2.45) is 0 Å². The fourth-order valence-corrected chi connectivity index (χ4v) is 4.14. The van der Waals surface area contributed by atoms with E-state index in [9.17, 15) is 0 Å². The second kappa shape index (κ2) is 8.08. The van der Waals surface area contributed by atoms with Crippen LogP contribution >= 0.6 is 11.6 Å². The molecule has 1 fully saturated rings. The second-order valence-electron chi connectivity index (χ2n) is 7.24. The van der Waals surface area contributed by atoms with Crippen molar-refractivity contribution >= 4 is 29.1 Å². The lowest BCUT2D eigenvalue weighted by Crippen LogP contribution is -2.37. The van der Waals surface area contributed by atoms with E-state index in [-0.39, 0.29) is 0 Å². The number of fused-ring (bicyclic) bond motifs is 1. The molecule has 8 heteroatoms. The van der Waals surface area contributed by atoms with E-state index >= 15 is 0 Å². The van der Waals surface area contributed by atoms with Gasteiger partial charge in [-0.15, -0.1) is 0 Å². The van der Waals surface area contributed by atoms with Gasteiger partial charge in [0.2, 0.25) is 5.95 Å². The minimum Gasteiger partial charge on any atom is -0.497 e. The van der Waals surface area contributed by atoms with Crippen molar-refractivity contribution in [2.75, 3.05) is 49.8 Å². The molecule has 2 aliphatic heterocycles. The van der Waals surface area contributed by atoms with Crippen LogP contribution in [0.15, 0.2) is 42.6 Å². The largest absolute Gasteiger partial charge is 0.497 e. The molecular formula is C22H22ClN5O2. The average molecular weight is 424 g/mol. The van der Waals surface area contributed by atoms with Gasteiger partial charge in [-0.2, -0.15) is 4.98 Å². The first-order valence-electron chi connectivity index (χ1n) is 10.00. The molecule has 2 aliphatic rings. The molecule has 1 aromatic carbocycles. The van der Waals surface area contributed by atoms with Gasteiger partial charge in [0.25, 0.3) is 0 Å². The van der Waals surface area contributed by atoms with E-state index in [0.29, 0.717) is 18.4 Å². The molecule has 0 radical (unpaired) electrons. The van der Waals surface area contributed by atoms with Crippen LogP contribution in [-0.4, -0.2) is 54.9 Å². The molecule has 0 atom stereocenters. The number of methoxy groups -OCH3 is 1. The van der Waals surface area contributed by atoms with Crippen molar-refractivity contribution in [3.63, 3.8) is 0 Å². The summed E-state index contributed by atoms with van der Waals surface area (Å²) in [5.74, 6) is 2.46. The Morgan fingerprint density at radius 3 is 2.73 bits per heavy atom. The van der Waals surface area contributed by atoms with E-state index < -0.39 is 0 Å². The van der Waals surface area contributed by atoms with Crippen LogP contribution in [0.5, 0.6) is 5.75 Å². The Hall–Kier alpha value is -2.90. The molecule has 0 saturated carbocycles. The Morgan fingerprint density at radius 2 is 1.93 bits per heavy atom. The van der Waals surface area contributed by atoms with Crippen LogP contribution in [-0.2, 0) is 11.2 Å². The Balaban J connectivity index is 1.65. The first-order chi connectivity index (χ1) is 14.7. The lowest BCUT2D eigenvalue weighted by Gasteiger charge is -2.28. The summed E-state index contributed by atoms with van der Waals surface area (Å²) in [5, 5.41) is 0.469. The molecule has 30 heavy (non-hydrogen) atoms. The molecule has 154 valence electrons. The summed E-state index contributed by atoms with van der Waals surface area (Å²) in [4.78, 5) is 18.5. The standard InChI is InChI=1S/C22H22ClN5O2/c1-29-17-4-2-3-15(13-17)20-18-6-8-28(16-5-7-24-19(23)14-16)21(18)26-22(25-20)27-9-11-30-12-10-27/h2-5,7,13-14H,6,8-12H2,1H3. The molecular weight excluding hydrogens is 402 g/mol. The second-order valence-corrected chi connectivity index (χ2v) is 7.63. The molecule has 7 nitrogen and oxygen atoms in total. The Kier molecular flexibility index (Phi) is 5.14. The van der Waals surface area contributed by atoms with Crippen molar-refractivity contribution < 1.29 is 9.47 Å². The van der Waals surface area contributed by atoms with Crippen molar-refractivity contribution in [2.45, 2.75) is 6.42 Å². The van der Waals surface area contributed by atoms with Crippen molar-refractivity contribution in [1.82, 2.24) is 15.0 Å². The fourth-order valence-electron chi connectivity index (χ4n) is 3.97. The Morgan fingerprint density at radius 1 is 1.07 bits per heavy atom. The minimum atomic E-state index is 0.469. The van der Waals surface area contributed by atoms with Gasteiger partial charge in [0.15, 0.2) is 0 Å². The van der Waals surface area contributed by atoms with E-state index in [1.165, 1.54) is 0 Å². The molecule has 4 heterocycles. The molecule has 0 N–H and O–H groups in total. The van der Waals surface area contributed by atoms with E-state index in [0.717, 1.165) is 66.1 Å². The molecule has 5 rings (SSSR count). The molecule has 0 aliphatic carbocycles. The highest BCUT2D eigenvalue weighted by Gasteiger charge is 2.29. The molecule has 0 bridgehead atoms. The van der Waals surface area contributed by atoms with Crippen LogP contribution in [0.1, 0.15) is 5.56 Å². The highest BCUT2D eigenvalue weighted by Crippen LogP contribution is 2.40. The minimum absolute atomic E-state index is 0.469. The van der Waals surface area contributed by atoms with Gasteiger partial charge in [-0.05, 0) is 30.7 Å². The van der Waals surface area contributed by atoms with Gasteiger partial charge in [0.1, 0.15) is 16.7 Å². The zero-order valence-electron chi connectivity index (χ0n) is 16.7. The first-order valence-corrected chi connectivity index (χ1v) is 10.4. The number of hydrogen-bond donors (Lipinski definition) is 0. The van der Waals surface area contributed by atoms with Gasteiger partial charge in [0.05, 0.1) is 26.0 Å². The summed E-state index contributed by atoms with van der Waals surface area (Å²) in [6, 6.07) is 11.9. The quantitative estimate of drug-likeness (QED) is 0.592. The number of morpholine rings is 1. The smallest absolute Gasteiger partial charge is 0.228 e. The van der Waals surface area contributed by atoms with E-state index in [1.54, 1.807) is 13.3 Å². The zero-order valence-corrected chi connectivity index (χ0v) is 17.5. The van der Waals surface area contributed by atoms with Gasteiger partial charge in [-0.3, -0.25) is 0 Å². The van der Waals surface area contributed by atoms with E-state index in [1.807, 2.05) is 30.3 Å². The van der Waals surface area contributed by atoms with Gasteiger partial charge >= 0.3 is 0 Å². The Bertz CT molecular complexity index is 1070. The maximum atomic E-state index is 6.16. The molecule has 2 aromatic heterocycles. The maximum absolute atomic E-state index is 6.16.